The summed E-state index contributed by atoms with van der Waals surface area (Å²) in [5.74, 6) is -0.902. The highest BCUT2D eigenvalue weighted by Crippen LogP contribution is 2.33. The number of carbonyl (C=O) groups excluding carboxylic acids is 2. The van der Waals surface area contributed by atoms with Gasteiger partial charge in [-0.1, -0.05) is 0 Å². The molecule has 2 rings (SSSR count). The molecule has 2 aromatic heterocycles. The summed E-state index contributed by atoms with van der Waals surface area (Å²) in [7, 11) is 1.24. The lowest BCUT2D eigenvalue weighted by molar-refractivity contribution is -0.139. The van der Waals surface area contributed by atoms with Gasteiger partial charge in [0.05, 0.1) is 17.7 Å². The molecule has 0 aliphatic rings. The molecule has 2 aromatic rings. The fourth-order valence-corrected chi connectivity index (χ4v) is 2.66. The number of aromatic nitrogens is 1. The van der Waals surface area contributed by atoms with Gasteiger partial charge >= 0.3 is 5.97 Å². The van der Waals surface area contributed by atoms with Crippen LogP contribution in [0.25, 0.3) is 10.2 Å². The maximum absolute atomic E-state index is 11.9. The smallest absolute Gasteiger partial charge is 0.313 e. The zero-order valence-corrected chi connectivity index (χ0v) is 10.8. The van der Waals surface area contributed by atoms with Gasteiger partial charge in [0.25, 0.3) is 0 Å². The number of fused-ring (bicyclic) bond motifs is 1. The molecule has 5 nitrogen and oxygen atoms in total. The Balaban J connectivity index is 2.42. The third kappa shape index (κ3) is 2.19. The van der Waals surface area contributed by atoms with E-state index in [4.69, 9.17) is 5.73 Å². The van der Waals surface area contributed by atoms with Crippen molar-refractivity contribution in [2.24, 2.45) is 0 Å². The summed E-state index contributed by atoms with van der Waals surface area (Å²) in [5, 5.41) is 0.749. The molecule has 6 heteroatoms. The van der Waals surface area contributed by atoms with Crippen LogP contribution in [0, 0.1) is 6.92 Å². The van der Waals surface area contributed by atoms with Crippen molar-refractivity contribution in [3.63, 3.8) is 0 Å². The zero-order chi connectivity index (χ0) is 13.3. The average Bonchev–Trinajstić information content (AvgIpc) is 2.66. The number of pyridine rings is 1. The van der Waals surface area contributed by atoms with Crippen LogP contribution in [0.15, 0.2) is 12.1 Å². The first kappa shape index (κ1) is 12.5. The van der Waals surface area contributed by atoms with Crippen molar-refractivity contribution >= 4 is 39.0 Å². The Morgan fingerprint density at radius 2 is 2.17 bits per heavy atom. The molecular weight excluding hydrogens is 252 g/mol. The predicted molar refractivity (Wildman–Crippen MR) is 69.7 cm³/mol. The van der Waals surface area contributed by atoms with Gasteiger partial charge in [0.2, 0.25) is 0 Å². The van der Waals surface area contributed by atoms with E-state index in [1.54, 1.807) is 0 Å². The molecule has 0 amide bonds. The van der Waals surface area contributed by atoms with Crippen molar-refractivity contribution < 1.29 is 14.3 Å². The van der Waals surface area contributed by atoms with Crippen molar-refractivity contribution in [2.45, 2.75) is 13.3 Å². The van der Waals surface area contributed by atoms with Crippen LogP contribution in [0.4, 0.5) is 5.69 Å². The van der Waals surface area contributed by atoms with Gasteiger partial charge in [-0.3, -0.25) is 9.59 Å². The average molecular weight is 264 g/mol. The van der Waals surface area contributed by atoms with Crippen molar-refractivity contribution in [1.29, 1.82) is 0 Å². The van der Waals surface area contributed by atoms with Crippen LogP contribution >= 0.6 is 11.3 Å². The lowest BCUT2D eigenvalue weighted by Gasteiger charge is -1.98. The number of nitrogen functional groups attached to an aromatic ring is 1. The summed E-state index contributed by atoms with van der Waals surface area (Å²) in [6, 6.07) is 3.67. The first-order valence-electron chi connectivity index (χ1n) is 5.28. The number of ketones is 1. The number of anilines is 1. The van der Waals surface area contributed by atoms with Gasteiger partial charge in [-0.15, -0.1) is 11.3 Å². The van der Waals surface area contributed by atoms with E-state index in [1.165, 1.54) is 18.4 Å². The fraction of sp³-hybridized carbons (Fsp3) is 0.250. The van der Waals surface area contributed by atoms with Gasteiger partial charge < -0.3 is 10.5 Å². The summed E-state index contributed by atoms with van der Waals surface area (Å²) < 4.78 is 4.46. The third-order valence-corrected chi connectivity index (χ3v) is 3.68. The number of methoxy groups -OCH3 is 1. The van der Waals surface area contributed by atoms with E-state index >= 15 is 0 Å². The molecule has 0 aromatic carbocycles. The number of esters is 1. The Morgan fingerprint density at radius 1 is 1.44 bits per heavy atom. The maximum atomic E-state index is 11.9. The highest BCUT2D eigenvalue weighted by molar-refractivity contribution is 7.21. The molecule has 0 spiro atoms. The molecule has 0 aliphatic carbocycles. The number of rotatable bonds is 3. The van der Waals surface area contributed by atoms with Crippen molar-refractivity contribution in [3.05, 3.63) is 22.7 Å². The van der Waals surface area contributed by atoms with Crippen molar-refractivity contribution in [3.8, 4) is 0 Å². The van der Waals surface area contributed by atoms with E-state index in [-0.39, 0.29) is 12.2 Å². The summed E-state index contributed by atoms with van der Waals surface area (Å²) in [4.78, 5) is 28.4. The predicted octanol–water partition coefficient (Wildman–Crippen LogP) is 1.93. The molecule has 0 radical (unpaired) electrons. The summed E-state index contributed by atoms with van der Waals surface area (Å²) >= 11 is 1.21. The number of nitrogens with two attached hydrogens (primary N) is 1. The number of hydrogen-bond donors (Lipinski definition) is 1. The van der Waals surface area contributed by atoms with E-state index in [0.29, 0.717) is 15.4 Å². The number of hydrogen-bond acceptors (Lipinski definition) is 6. The topological polar surface area (TPSA) is 82.3 Å². The monoisotopic (exact) mass is 264 g/mol. The van der Waals surface area contributed by atoms with Gasteiger partial charge in [-0.25, -0.2) is 4.98 Å². The standard InChI is InChI=1S/C12H12N2O3S/c1-6-3-4-7-10(13)11(18-12(7)14-6)8(15)5-9(16)17-2/h3-4H,5,13H2,1-2H3. The Hall–Kier alpha value is -1.95. The Bertz CT molecular complexity index is 634. The van der Waals surface area contributed by atoms with E-state index in [1.807, 2.05) is 19.1 Å². The van der Waals surface area contributed by atoms with Crippen LogP contribution in [-0.4, -0.2) is 23.8 Å². The molecule has 0 bridgehead atoms. The zero-order valence-electron chi connectivity index (χ0n) is 10.0. The fourth-order valence-electron chi connectivity index (χ4n) is 1.58. The Labute approximate surface area is 108 Å². The summed E-state index contributed by atoms with van der Waals surface area (Å²) in [6.45, 7) is 1.87. The number of carbonyl (C=O) groups is 2. The number of thiophene rings is 1. The molecule has 0 unspecified atom stereocenters. The SMILES string of the molecule is COC(=O)CC(=O)c1sc2nc(C)ccc2c1N. The largest absolute Gasteiger partial charge is 0.469 e. The number of nitrogens with zero attached hydrogens (tertiary/aromatic N) is 1. The van der Waals surface area contributed by atoms with E-state index in [9.17, 15) is 9.59 Å². The summed E-state index contributed by atoms with van der Waals surface area (Å²) in [6.07, 6.45) is -0.299. The highest BCUT2D eigenvalue weighted by atomic mass is 32.1. The van der Waals surface area contributed by atoms with Gasteiger partial charge in [0.15, 0.2) is 5.78 Å². The van der Waals surface area contributed by atoms with Crippen LogP contribution in [0.2, 0.25) is 0 Å². The Morgan fingerprint density at radius 3 is 2.83 bits per heavy atom. The van der Waals surface area contributed by atoms with E-state index < -0.39 is 5.97 Å². The van der Waals surface area contributed by atoms with Crippen molar-refractivity contribution in [1.82, 2.24) is 4.98 Å². The first-order valence-corrected chi connectivity index (χ1v) is 6.10. The molecule has 0 saturated carbocycles. The van der Waals surface area contributed by atoms with E-state index in [2.05, 4.69) is 9.72 Å². The molecule has 0 saturated heterocycles. The number of ether oxygens (including phenoxy) is 1. The van der Waals surface area contributed by atoms with Crippen LogP contribution in [0.1, 0.15) is 21.8 Å². The highest BCUT2D eigenvalue weighted by Gasteiger charge is 2.19. The first-order chi connectivity index (χ1) is 8.52. The third-order valence-electron chi connectivity index (χ3n) is 2.52. The molecule has 0 aliphatic heterocycles. The number of Topliss-reactive ketones (excluding diaryl/α,β-unsaturated/α-hetero) is 1. The minimum absolute atomic E-state index is 0.299. The van der Waals surface area contributed by atoms with Crippen LogP contribution in [-0.2, 0) is 9.53 Å². The lowest BCUT2D eigenvalue weighted by Crippen LogP contribution is -2.09. The molecule has 0 fully saturated rings. The molecule has 2 heterocycles. The quantitative estimate of drug-likeness (QED) is 0.520. The lowest BCUT2D eigenvalue weighted by atomic mass is 10.2. The minimum atomic E-state index is -0.569. The van der Waals surface area contributed by atoms with Gasteiger partial charge in [-0.2, -0.15) is 0 Å². The molecule has 2 N–H and O–H groups in total. The normalized spacial score (nSPS) is 10.6. The number of aryl methyl sites for hydroxylation is 1. The maximum Gasteiger partial charge on any atom is 0.313 e. The molecular formula is C12H12N2O3S. The van der Waals surface area contributed by atoms with Gasteiger partial charge in [-0.05, 0) is 19.1 Å². The van der Waals surface area contributed by atoms with Gasteiger partial charge in [0, 0.05) is 11.1 Å². The second-order valence-electron chi connectivity index (χ2n) is 3.83. The second-order valence-corrected chi connectivity index (χ2v) is 4.83. The Kier molecular flexibility index (Phi) is 3.29. The van der Waals surface area contributed by atoms with E-state index in [0.717, 1.165) is 11.1 Å². The summed E-state index contributed by atoms with van der Waals surface area (Å²) in [5.41, 5.74) is 7.15. The minimum Gasteiger partial charge on any atom is -0.469 e. The van der Waals surface area contributed by atoms with Crippen molar-refractivity contribution in [2.75, 3.05) is 12.8 Å². The molecule has 0 atom stereocenters. The molecule has 18 heavy (non-hydrogen) atoms. The van der Waals surface area contributed by atoms with Gasteiger partial charge in [0.1, 0.15) is 11.3 Å². The molecule has 94 valence electrons. The second kappa shape index (κ2) is 4.73. The van der Waals surface area contributed by atoms with Crippen LogP contribution in [0.5, 0.6) is 0 Å². The van der Waals surface area contributed by atoms with Crippen LogP contribution in [0.3, 0.4) is 0 Å². The van der Waals surface area contributed by atoms with Crippen LogP contribution < -0.4 is 5.73 Å².